The van der Waals surface area contributed by atoms with Gasteiger partial charge in [0.05, 0.1) is 18.4 Å². The van der Waals surface area contributed by atoms with Crippen molar-refractivity contribution < 1.29 is 4.79 Å². The van der Waals surface area contributed by atoms with Crippen LogP contribution >= 0.6 is 0 Å². The Balaban J connectivity index is 1.75. The lowest BCUT2D eigenvalue weighted by Gasteiger charge is -2.29. The fraction of sp³-hybridized carbons (Fsp3) is 0.600. The fourth-order valence-corrected chi connectivity index (χ4v) is 1.83. The van der Waals surface area contributed by atoms with Crippen LogP contribution in [0.4, 0.5) is 5.69 Å². The molecule has 6 nitrogen and oxygen atoms in total. The maximum Gasteiger partial charge on any atom is 0.238 e. The number of nitrogens with one attached hydrogen (secondary N) is 2. The van der Waals surface area contributed by atoms with Gasteiger partial charge in [-0.1, -0.05) is 0 Å². The van der Waals surface area contributed by atoms with Crippen molar-refractivity contribution in [2.24, 2.45) is 5.73 Å². The van der Waals surface area contributed by atoms with Crippen molar-refractivity contribution in [2.75, 3.05) is 25.0 Å². The highest BCUT2D eigenvalue weighted by Gasteiger charge is 2.18. The first-order chi connectivity index (χ1) is 7.74. The monoisotopic (exact) mass is 223 g/mol. The van der Waals surface area contributed by atoms with E-state index in [-0.39, 0.29) is 5.91 Å². The van der Waals surface area contributed by atoms with E-state index in [1.165, 1.54) is 0 Å². The topological polar surface area (TPSA) is 87.0 Å². The van der Waals surface area contributed by atoms with Gasteiger partial charge in [0, 0.05) is 25.3 Å². The van der Waals surface area contributed by atoms with Crippen molar-refractivity contribution in [1.29, 1.82) is 0 Å². The van der Waals surface area contributed by atoms with E-state index in [4.69, 9.17) is 5.73 Å². The number of piperidine rings is 1. The number of anilines is 1. The summed E-state index contributed by atoms with van der Waals surface area (Å²) in [4.78, 5) is 13.8. The second-order valence-corrected chi connectivity index (χ2v) is 4.15. The summed E-state index contributed by atoms with van der Waals surface area (Å²) in [5, 5.41) is 9.19. The van der Waals surface area contributed by atoms with E-state index < -0.39 is 0 Å². The SMILES string of the molecule is NC1CCN(CC(=O)Nc2cn[nH]c2)CC1. The van der Waals surface area contributed by atoms with Crippen molar-refractivity contribution in [1.82, 2.24) is 15.1 Å². The Morgan fingerprint density at radius 1 is 1.62 bits per heavy atom. The Labute approximate surface area is 94.2 Å². The summed E-state index contributed by atoms with van der Waals surface area (Å²) in [6, 6.07) is 0.299. The van der Waals surface area contributed by atoms with Gasteiger partial charge in [0.15, 0.2) is 0 Å². The summed E-state index contributed by atoms with van der Waals surface area (Å²) in [5.74, 6) is -0.00290. The lowest BCUT2D eigenvalue weighted by molar-refractivity contribution is -0.117. The number of amides is 1. The number of nitrogens with two attached hydrogens (primary N) is 1. The number of rotatable bonds is 3. The summed E-state index contributed by atoms with van der Waals surface area (Å²) in [6.07, 6.45) is 5.19. The number of carbonyl (C=O) groups is 1. The fourth-order valence-electron chi connectivity index (χ4n) is 1.83. The van der Waals surface area contributed by atoms with E-state index in [1.54, 1.807) is 12.4 Å². The third-order valence-corrected chi connectivity index (χ3v) is 2.78. The van der Waals surface area contributed by atoms with Gasteiger partial charge in [0.25, 0.3) is 0 Å². The summed E-state index contributed by atoms with van der Waals surface area (Å²) >= 11 is 0. The molecule has 1 aromatic rings. The van der Waals surface area contributed by atoms with Gasteiger partial charge >= 0.3 is 0 Å². The summed E-state index contributed by atoms with van der Waals surface area (Å²) in [5.41, 5.74) is 6.50. The highest BCUT2D eigenvalue weighted by atomic mass is 16.2. The van der Waals surface area contributed by atoms with Crippen molar-refractivity contribution in [2.45, 2.75) is 18.9 Å². The van der Waals surface area contributed by atoms with Crippen LogP contribution < -0.4 is 11.1 Å². The maximum atomic E-state index is 11.6. The molecule has 0 bridgehead atoms. The molecule has 0 saturated carbocycles. The highest BCUT2D eigenvalue weighted by Crippen LogP contribution is 2.08. The average Bonchev–Trinajstić information content (AvgIpc) is 2.74. The van der Waals surface area contributed by atoms with Crippen LogP contribution in [0.3, 0.4) is 0 Å². The molecule has 0 atom stereocenters. The molecule has 4 N–H and O–H groups in total. The quantitative estimate of drug-likeness (QED) is 0.660. The minimum Gasteiger partial charge on any atom is -0.328 e. The second-order valence-electron chi connectivity index (χ2n) is 4.15. The van der Waals surface area contributed by atoms with Gasteiger partial charge in [-0.15, -0.1) is 0 Å². The number of aromatic amines is 1. The van der Waals surface area contributed by atoms with Gasteiger partial charge in [-0.2, -0.15) is 5.10 Å². The highest BCUT2D eigenvalue weighted by molar-refractivity contribution is 5.91. The molecule has 0 aromatic carbocycles. The molecule has 2 rings (SSSR count). The van der Waals surface area contributed by atoms with Gasteiger partial charge < -0.3 is 11.1 Å². The van der Waals surface area contributed by atoms with Crippen molar-refractivity contribution in [3.05, 3.63) is 12.4 Å². The number of H-pyrrole nitrogens is 1. The largest absolute Gasteiger partial charge is 0.328 e. The number of hydrogen-bond acceptors (Lipinski definition) is 4. The van der Waals surface area contributed by atoms with Gasteiger partial charge in [-0.05, 0) is 12.8 Å². The molecule has 0 spiro atoms. The van der Waals surface area contributed by atoms with Crippen molar-refractivity contribution >= 4 is 11.6 Å². The standard InChI is InChI=1S/C10H17N5O/c11-8-1-3-15(4-2-8)7-10(16)14-9-5-12-13-6-9/h5-6,8H,1-4,7,11H2,(H,12,13)(H,14,16). The molecule has 16 heavy (non-hydrogen) atoms. The Morgan fingerprint density at radius 3 is 3.00 bits per heavy atom. The molecular formula is C10H17N5O. The molecule has 88 valence electrons. The van der Waals surface area contributed by atoms with Crippen LogP contribution in [-0.4, -0.2) is 46.7 Å². The molecule has 1 fully saturated rings. The van der Waals surface area contributed by atoms with Crippen LogP contribution in [0.25, 0.3) is 0 Å². The van der Waals surface area contributed by atoms with Gasteiger partial charge in [-0.25, -0.2) is 0 Å². The average molecular weight is 223 g/mol. The minimum atomic E-state index is -0.00290. The predicted octanol–water partition coefficient (Wildman–Crippen LogP) is -0.229. The summed E-state index contributed by atoms with van der Waals surface area (Å²) in [6.45, 7) is 2.23. The molecule has 1 aliphatic rings. The number of nitrogens with zero attached hydrogens (tertiary/aromatic N) is 2. The third kappa shape index (κ3) is 3.04. The van der Waals surface area contributed by atoms with Crippen LogP contribution in [0.1, 0.15) is 12.8 Å². The van der Waals surface area contributed by atoms with Crippen LogP contribution in [-0.2, 0) is 4.79 Å². The number of likely N-dealkylation sites (tertiary alicyclic amines) is 1. The van der Waals surface area contributed by atoms with E-state index in [2.05, 4.69) is 20.4 Å². The molecule has 1 aliphatic heterocycles. The first-order valence-electron chi connectivity index (χ1n) is 5.50. The molecule has 0 aliphatic carbocycles. The van der Waals surface area contributed by atoms with E-state index in [0.29, 0.717) is 18.3 Å². The lowest BCUT2D eigenvalue weighted by Crippen LogP contribution is -2.43. The molecule has 1 saturated heterocycles. The van der Waals surface area contributed by atoms with Gasteiger partial charge in [-0.3, -0.25) is 14.8 Å². The van der Waals surface area contributed by atoms with E-state index in [0.717, 1.165) is 25.9 Å². The number of carbonyl (C=O) groups excluding carboxylic acids is 1. The van der Waals surface area contributed by atoms with Gasteiger partial charge in [0.2, 0.25) is 5.91 Å². The molecule has 0 radical (unpaired) electrons. The third-order valence-electron chi connectivity index (χ3n) is 2.78. The second kappa shape index (κ2) is 5.09. The smallest absolute Gasteiger partial charge is 0.238 e. The lowest BCUT2D eigenvalue weighted by atomic mass is 10.1. The van der Waals surface area contributed by atoms with Gasteiger partial charge in [0.1, 0.15) is 0 Å². The van der Waals surface area contributed by atoms with E-state index >= 15 is 0 Å². The Bertz CT molecular complexity index is 329. The summed E-state index contributed by atoms with van der Waals surface area (Å²) < 4.78 is 0. The zero-order valence-corrected chi connectivity index (χ0v) is 9.15. The van der Waals surface area contributed by atoms with E-state index in [1.807, 2.05) is 0 Å². The Kier molecular flexibility index (Phi) is 3.53. The predicted molar refractivity (Wildman–Crippen MR) is 60.9 cm³/mol. The Morgan fingerprint density at radius 2 is 2.38 bits per heavy atom. The summed E-state index contributed by atoms with van der Waals surface area (Å²) in [7, 11) is 0. The van der Waals surface area contributed by atoms with Crippen LogP contribution in [0, 0.1) is 0 Å². The van der Waals surface area contributed by atoms with Crippen molar-refractivity contribution in [3.8, 4) is 0 Å². The number of hydrogen-bond donors (Lipinski definition) is 3. The molecule has 0 unspecified atom stereocenters. The van der Waals surface area contributed by atoms with Crippen LogP contribution in [0.15, 0.2) is 12.4 Å². The zero-order valence-electron chi connectivity index (χ0n) is 9.15. The Hall–Kier alpha value is -1.40. The van der Waals surface area contributed by atoms with E-state index in [9.17, 15) is 4.79 Å². The zero-order chi connectivity index (χ0) is 11.4. The normalized spacial score (nSPS) is 18.6. The number of aromatic nitrogens is 2. The minimum absolute atomic E-state index is 0.00290. The molecule has 6 heteroatoms. The first-order valence-corrected chi connectivity index (χ1v) is 5.50. The molecule has 1 amide bonds. The molecule has 1 aromatic heterocycles. The molecule has 2 heterocycles. The van der Waals surface area contributed by atoms with Crippen LogP contribution in [0.5, 0.6) is 0 Å². The van der Waals surface area contributed by atoms with Crippen molar-refractivity contribution in [3.63, 3.8) is 0 Å². The van der Waals surface area contributed by atoms with Crippen LogP contribution in [0.2, 0.25) is 0 Å². The molecular weight excluding hydrogens is 206 g/mol. The first kappa shape index (κ1) is 11.1. The maximum absolute atomic E-state index is 11.6.